The Morgan fingerprint density at radius 2 is 2.18 bits per heavy atom. The molecule has 0 aliphatic carbocycles. The summed E-state index contributed by atoms with van der Waals surface area (Å²) in [4.78, 5) is 24.4. The van der Waals surface area contributed by atoms with Gasteiger partial charge in [-0.25, -0.2) is 9.97 Å². The van der Waals surface area contributed by atoms with Crippen LogP contribution in [0.2, 0.25) is 0 Å². The third kappa shape index (κ3) is 4.25. The number of nitrogens with zero attached hydrogens (tertiary/aromatic N) is 4. The molecule has 0 aromatic carbocycles. The summed E-state index contributed by atoms with van der Waals surface area (Å²) in [6, 6.07) is -0.406. The number of hydrogen-bond donors (Lipinski definition) is 1. The highest BCUT2D eigenvalue weighted by Gasteiger charge is 2.18. The van der Waals surface area contributed by atoms with E-state index < -0.39 is 6.04 Å². The summed E-state index contributed by atoms with van der Waals surface area (Å²) in [5.41, 5.74) is 0.378. The average Bonchev–Trinajstić information content (AvgIpc) is 3.02. The minimum absolute atomic E-state index is 0.295. The normalized spacial score (nSPS) is 12.1. The number of ether oxygens (including phenoxy) is 1. The summed E-state index contributed by atoms with van der Waals surface area (Å²) in [6.45, 7) is 2.28. The molecule has 1 atom stereocenters. The molecule has 8 nitrogen and oxygen atoms in total. The predicted octanol–water partition coefficient (Wildman–Crippen LogP) is 1.26. The van der Waals surface area contributed by atoms with Crippen molar-refractivity contribution in [1.29, 1.82) is 0 Å². The maximum Gasteiger partial charge on any atom is 0.255 e. The van der Waals surface area contributed by atoms with Crippen LogP contribution in [0.3, 0.4) is 0 Å². The van der Waals surface area contributed by atoms with E-state index in [0.717, 1.165) is 0 Å². The van der Waals surface area contributed by atoms with Crippen LogP contribution in [0.1, 0.15) is 35.0 Å². The molecule has 0 spiro atoms. The zero-order chi connectivity index (χ0) is 15.9. The molecule has 0 saturated heterocycles. The summed E-state index contributed by atoms with van der Waals surface area (Å²) in [6.07, 6.45) is 5.40. The molecule has 0 aliphatic heterocycles. The number of rotatable bonds is 7. The van der Waals surface area contributed by atoms with Crippen LogP contribution in [0.15, 0.2) is 22.1 Å². The zero-order valence-electron chi connectivity index (χ0n) is 12.6. The Bertz CT molecular complexity index is 616. The third-order valence-electron chi connectivity index (χ3n) is 2.80. The Kier molecular flexibility index (Phi) is 5.84. The molecular weight excluding hydrogens is 306 g/mol. The first kappa shape index (κ1) is 16.4. The van der Waals surface area contributed by atoms with Crippen molar-refractivity contribution in [2.24, 2.45) is 0 Å². The van der Waals surface area contributed by atoms with Gasteiger partial charge in [-0.3, -0.25) is 4.79 Å². The van der Waals surface area contributed by atoms with Crippen LogP contribution in [0.25, 0.3) is 0 Å². The molecule has 0 saturated carbocycles. The number of hydrogen-bond acceptors (Lipinski definition) is 8. The highest BCUT2D eigenvalue weighted by molar-refractivity contribution is 7.98. The summed E-state index contributed by atoms with van der Waals surface area (Å²) in [5, 5.41) is 7.21. The zero-order valence-corrected chi connectivity index (χ0v) is 13.4. The predicted molar refractivity (Wildman–Crippen MR) is 79.6 cm³/mol. The van der Waals surface area contributed by atoms with Crippen molar-refractivity contribution in [3.05, 3.63) is 29.7 Å². The quantitative estimate of drug-likeness (QED) is 0.600. The fourth-order valence-corrected chi connectivity index (χ4v) is 1.94. The van der Waals surface area contributed by atoms with Crippen molar-refractivity contribution in [3.8, 4) is 0 Å². The molecule has 2 aromatic rings. The minimum Gasteiger partial charge on any atom is -0.384 e. The van der Waals surface area contributed by atoms with E-state index in [1.807, 2.05) is 6.26 Å². The third-order valence-corrected chi connectivity index (χ3v) is 3.38. The molecule has 1 N–H and O–H groups in total. The molecule has 0 fully saturated rings. The second kappa shape index (κ2) is 7.85. The van der Waals surface area contributed by atoms with Gasteiger partial charge in [0.05, 0.1) is 12.2 Å². The summed E-state index contributed by atoms with van der Waals surface area (Å²) in [7, 11) is 1.61. The van der Waals surface area contributed by atoms with E-state index in [1.54, 1.807) is 14.0 Å². The first-order chi connectivity index (χ1) is 10.6. The van der Waals surface area contributed by atoms with Crippen molar-refractivity contribution in [3.63, 3.8) is 0 Å². The molecule has 0 aliphatic rings. The molecule has 2 rings (SSSR count). The number of methoxy groups -OCH3 is 1. The van der Waals surface area contributed by atoms with Crippen molar-refractivity contribution in [2.75, 3.05) is 20.0 Å². The molecule has 1 unspecified atom stereocenters. The van der Waals surface area contributed by atoms with Crippen molar-refractivity contribution in [1.82, 2.24) is 25.4 Å². The van der Waals surface area contributed by atoms with Crippen molar-refractivity contribution < 1.29 is 14.1 Å². The summed E-state index contributed by atoms with van der Waals surface area (Å²) >= 11 is 1.41. The minimum atomic E-state index is -0.406. The Morgan fingerprint density at radius 3 is 2.82 bits per heavy atom. The van der Waals surface area contributed by atoms with Crippen LogP contribution in [0.4, 0.5) is 0 Å². The number of amides is 1. The number of carbonyl (C=O) groups excluding carboxylic acids is 1. The molecule has 0 bridgehead atoms. The summed E-state index contributed by atoms with van der Waals surface area (Å²) in [5.74, 6) is 0.600. The summed E-state index contributed by atoms with van der Waals surface area (Å²) < 4.78 is 10.1. The molecular formula is C13H17N5O3S. The van der Waals surface area contributed by atoms with E-state index in [1.165, 1.54) is 24.2 Å². The van der Waals surface area contributed by atoms with E-state index in [9.17, 15) is 4.79 Å². The van der Waals surface area contributed by atoms with E-state index in [-0.39, 0.29) is 5.91 Å². The topological polar surface area (TPSA) is 103 Å². The van der Waals surface area contributed by atoms with Crippen LogP contribution in [-0.4, -0.2) is 46.0 Å². The lowest BCUT2D eigenvalue weighted by molar-refractivity contribution is 0.0931. The number of carbonyl (C=O) groups is 1. The number of thioether (sulfide) groups is 1. The first-order valence-electron chi connectivity index (χ1n) is 6.62. The van der Waals surface area contributed by atoms with Gasteiger partial charge in [0, 0.05) is 25.9 Å². The maximum atomic E-state index is 12.1. The molecule has 2 aromatic heterocycles. The molecule has 1 amide bonds. The lowest BCUT2D eigenvalue weighted by Crippen LogP contribution is -2.27. The van der Waals surface area contributed by atoms with Gasteiger partial charge in [0.15, 0.2) is 11.0 Å². The number of nitrogens with one attached hydrogen (secondary N) is 1. The second-order valence-corrected chi connectivity index (χ2v) is 5.22. The van der Waals surface area contributed by atoms with E-state index in [0.29, 0.717) is 35.5 Å². The largest absolute Gasteiger partial charge is 0.384 e. The lowest BCUT2D eigenvalue weighted by Gasteiger charge is -2.09. The highest BCUT2D eigenvalue weighted by atomic mass is 32.2. The standard InChI is InChI=1S/C13H17N5O3S/c1-8(12-17-10(18-21-12)4-5-20-2)16-11(19)9-6-14-13(22-3)15-7-9/h6-8H,4-5H2,1-3H3,(H,16,19). The average molecular weight is 323 g/mol. The number of aromatic nitrogens is 4. The Labute approximate surface area is 132 Å². The van der Waals surface area contributed by atoms with Gasteiger partial charge in [0.2, 0.25) is 5.89 Å². The second-order valence-electron chi connectivity index (χ2n) is 4.45. The van der Waals surface area contributed by atoms with Gasteiger partial charge in [-0.15, -0.1) is 0 Å². The van der Waals surface area contributed by atoms with E-state index >= 15 is 0 Å². The van der Waals surface area contributed by atoms with Crippen LogP contribution in [0, 0.1) is 0 Å². The Morgan fingerprint density at radius 1 is 1.45 bits per heavy atom. The van der Waals surface area contributed by atoms with Crippen molar-refractivity contribution >= 4 is 17.7 Å². The molecule has 9 heteroatoms. The molecule has 2 heterocycles. The van der Waals surface area contributed by atoms with Gasteiger partial charge < -0.3 is 14.6 Å². The first-order valence-corrected chi connectivity index (χ1v) is 7.84. The monoisotopic (exact) mass is 323 g/mol. The van der Waals surface area contributed by atoms with Crippen LogP contribution in [-0.2, 0) is 11.2 Å². The highest BCUT2D eigenvalue weighted by Crippen LogP contribution is 2.12. The van der Waals surface area contributed by atoms with E-state index in [2.05, 4.69) is 25.4 Å². The fraction of sp³-hybridized carbons (Fsp3) is 0.462. The van der Waals surface area contributed by atoms with Crippen LogP contribution < -0.4 is 5.32 Å². The van der Waals surface area contributed by atoms with Gasteiger partial charge in [-0.05, 0) is 13.2 Å². The smallest absolute Gasteiger partial charge is 0.255 e. The van der Waals surface area contributed by atoms with Gasteiger partial charge in [0.25, 0.3) is 5.91 Å². The van der Waals surface area contributed by atoms with Gasteiger partial charge >= 0.3 is 0 Å². The molecule has 118 valence electrons. The Hall–Kier alpha value is -2.00. The molecule has 22 heavy (non-hydrogen) atoms. The Balaban J connectivity index is 1.96. The maximum absolute atomic E-state index is 12.1. The van der Waals surface area contributed by atoms with Crippen molar-refractivity contribution in [2.45, 2.75) is 24.5 Å². The van der Waals surface area contributed by atoms with Gasteiger partial charge in [-0.2, -0.15) is 4.98 Å². The molecule has 0 radical (unpaired) electrons. The van der Waals surface area contributed by atoms with Gasteiger partial charge in [0.1, 0.15) is 6.04 Å². The van der Waals surface area contributed by atoms with Gasteiger partial charge in [-0.1, -0.05) is 16.9 Å². The van der Waals surface area contributed by atoms with Crippen LogP contribution >= 0.6 is 11.8 Å². The fourth-order valence-electron chi connectivity index (χ4n) is 1.62. The SMILES string of the molecule is COCCc1noc(C(C)NC(=O)c2cnc(SC)nc2)n1. The van der Waals surface area contributed by atoms with Crippen LogP contribution in [0.5, 0.6) is 0 Å². The lowest BCUT2D eigenvalue weighted by atomic mass is 10.2. The van der Waals surface area contributed by atoms with E-state index in [4.69, 9.17) is 9.26 Å².